The summed E-state index contributed by atoms with van der Waals surface area (Å²) in [7, 11) is 3.31. The van der Waals surface area contributed by atoms with E-state index in [4.69, 9.17) is 9.47 Å². The summed E-state index contributed by atoms with van der Waals surface area (Å²) in [6.07, 6.45) is 0. The minimum Gasteiger partial charge on any atom is -0.493 e. The third-order valence-corrected chi connectivity index (χ3v) is 3.85. The molecule has 0 saturated heterocycles. The highest BCUT2D eigenvalue weighted by Gasteiger charge is 2.07. The molecule has 1 heterocycles. The average Bonchev–Trinajstić information content (AvgIpc) is 2.54. The number of halogens is 1. The number of benzene rings is 1. The van der Waals surface area contributed by atoms with E-state index < -0.39 is 0 Å². The number of methoxy groups -OCH3 is 2. The second-order valence-electron chi connectivity index (χ2n) is 2.80. The monoisotopic (exact) mass is 320 g/mol. The van der Waals surface area contributed by atoms with Crippen LogP contribution in [0.4, 0.5) is 0 Å². The van der Waals surface area contributed by atoms with E-state index in [1.54, 1.807) is 25.6 Å². The van der Waals surface area contributed by atoms with Crippen LogP contribution < -0.4 is 9.47 Å². The maximum atomic E-state index is 5.23. The van der Waals surface area contributed by atoms with Crippen LogP contribution in [0.15, 0.2) is 18.2 Å². The van der Waals surface area contributed by atoms with E-state index in [9.17, 15) is 0 Å². The van der Waals surface area contributed by atoms with Crippen molar-refractivity contribution in [2.75, 3.05) is 14.2 Å². The molecule has 2 nitrogen and oxygen atoms in total. The zero-order valence-corrected chi connectivity index (χ0v) is 10.8. The molecule has 0 radical (unpaired) electrons. The molecule has 74 valence electrons. The maximum absolute atomic E-state index is 5.23. The molecule has 2 aromatic rings. The van der Waals surface area contributed by atoms with Crippen molar-refractivity contribution in [3.05, 3.63) is 21.1 Å². The van der Waals surface area contributed by atoms with Gasteiger partial charge >= 0.3 is 0 Å². The Morgan fingerprint density at radius 3 is 2.36 bits per heavy atom. The van der Waals surface area contributed by atoms with Crippen molar-refractivity contribution in [2.45, 2.75) is 0 Å². The fraction of sp³-hybridized carbons (Fsp3) is 0.200. The fourth-order valence-corrected chi connectivity index (χ4v) is 3.18. The summed E-state index contributed by atoms with van der Waals surface area (Å²) in [5, 5.41) is 1.21. The first-order chi connectivity index (χ1) is 6.74. The Balaban J connectivity index is 2.68. The molecule has 0 spiro atoms. The lowest BCUT2D eigenvalue weighted by Crippen LogP contribution is -1.89. The Kier molecular flexibility index (Phi) is 2.83. The van der Waals surface area contributed by atoms with Crippen molar-refractivity contribution in [1.82, 2.24) is 0 Å². The van der Waals surface area contributed by atoms with E-state index in [1.165, 1.54) is 13.0 Å². The molecule has 1 aromatic carbocycles. The van der Waals surface area contributed by atoms with E-state index in [0.29, 0.717) is 0 Å². The number of thiophene rings is 1. The van der Waals surface area contributed by atoms with Gasteiger partial charge in [-0.3, -0.25) is 0 Å². The van der Waals surface area contributed by atoms with Gasteiger partial charge in [-0.2, -0.15) is 0 Å². The van der Waals surface area contributed by atoms with Gasteiger partial charge in [0.15, 0.2) is 11.5 Å². The SMILES string of the molecule is COc1cc2cc(I)sc2cc1OC. The number of hydrogen-bond donors (Lipinski definition) is 0. The fourth-order valence-electron chi connectivity index (χ4n) is 1.33. The normalized spacial score (nSPS) is 10.5. The molecule has 1 aromatic heterocycles. The van der Waals surface area contributed by atoms with Gasteiger partial charge in [-0.15, -0.1) is 11.3 Å². The molecular formula is C10H9IO2S. The summed E-state index contributed by atoms with van der Waals surface area (Å²) >= 11 is 4.07. The Morgan fingerprint density at radius 1 is 1.07 bits per heavy atom. The van der Waals surface area contributed by atoms with Crippen LogP contribution in [-0.2, 0) is 0 Å². The topological polar surface area (TPSA) is 18.5 Å². The Morgan fingerprint density at radius 2 is 1.71 bits per heavy atom. The molecule has 0 amide bonds. The molecule has 14 heavy (non-hydrogen) atoms. The zero-order chi connectivity index (χ0) is 10.1. The smallest absolute Gasteiger partial charge is 0.162 e. The Bertz CT molecular complexity index is 423. The molecular weight excluding hydrogens is 311 g/mol. The van der Waals surface area contributed by atoms with E-state index in [1.807, 2.05) is 12.1 Å². The number of ether oxygens (including phenoxy) is 2. The lowest BCUT2D eigenvalue weighted by Gasteiger charge is -2.06. The van der Waals surface area contributed by atoms with Crippen LogP contribution in [0.1, 0.15) is 0 Å². The third kappa shape index (κ3) is 1.68. The summed E-state index contributed by atoms with van der Waals surface area (Å²) in [6, 6.07) is 6.16. The highest BCUT2D eigenvalue weighted by Crippen LogP contribution is 2.36. The molecule has 0 saturated carbocycles. The van der Waals surface area contributed by atoms with Gasteiger partial charge < -0.3 is 9.47 Å². The van der Waals surface area contributed by atoms with E-state index in [2.05, 4.69) is 28.7 Å². The van der Waals surface area contributed by atoms with Crippen LogP contribution in [0.25, 0.3) is 10.1 Å². The minimum atomic E-state index is 0.786. The summed E-state index contributed by atoms with van der Waals surface area (Å²) in [5.41, 5.74) is 0. The predicted octanol–water partition coefficient (Wildman–Crippen LogP) is 3.52. The number of hydrogen-bond acceptors (Lipinski definition) is 3. The van der Waals surface area contributed by atoms with E-state index in [-0.39, 0.29) is 0 Å². The van der Waals surface area contributed by atoms with Gasteiger partial charge in [0.25, 0.3) is 0 Å². The largest absolute Gasteiger partial charge is 0.493 e. The quantitative estimate of drug-likeness (QED) is 0.788. The van der Waals surface area contributed by atoms with Crippen molar-refractivity contribution in [3.63, 3.8) is 0 Å². The molecule has 2 rings (SSSR count). The van der Waals surface area contributed by atoms with Gasteiger partial charge in [-0.05, 0) is 40.1 Å². The van der Waals surface area contributed by atoms with Crippen LogP contribution in [0.2, 0.25) is 0 Å². The molecule has 0 atom stereocenters. The first kappa shape index (κ1) is 10.0. The van der Waals surface area contributed by atoms with Crippen molar-refractivity contribution in [2.24, 2.45) is 0 Å². The summed E-state index contributed by atoms with van der Waals surface area (Å²) in [5.74, 6) is 1.58. The molecule has 0 fully saturated rings. The number of fused-ring (bicyclic) bond motifs is 1. The summed E-state index contributed by atoms with van der Waals surface area (Å²) in [4.78, 5) is 0. The minimum absolute atomic E-state index is 0.786. The molecule has 0 N–H and O–H groups in total. The molecule has 0 bridgehead atoms. The van der Waals surface area contributed by atoms with Crippen molar-refractivity contribution >= 4 is 44.0 Å². The van der Waals surface area contributed by atoms with Gasteiger partial charge in [0.05, 0.1) is 17.1 Å². The van der Waals surface area contributed by atoms with Gasteiger partial charge in [-0.1, -0.05) is 0 Å². The van der Waals surface area contributed by atoms with E-state index in [0.717, 1.165) is 11.5 Å². The maximum Gasteiger partial charge on any atom is 0.162 e. The van der Waals surface area contributed by atoms with Crippen LogP contribution in [-0.4, -0.2) is 14.2 Å². The Labute approximate surface area is 100.0 Å². The molecule has 4 heteroatoms. The highest BCUT2D eigenvalue weighted by molar-refractivity contribution is 14.1. The van der Waals surface area contributed by atoms with E-state index >= 15 is 0 Å². The van der Waals surface area contributed by atoms with Crippen molar-refractivity contribution < 1.29 is 9.47 Å². The second kappa shape index (κ2) is 3.94. The van der Waals surface area contributed by atoms with Crippen molar-refractivity contribution in [1.29, 1.82) is 0 Å². The summed E-state index contributed by atoms with van der Waals surface area (Å²) in [6.45, 7) is 0. The molecule has 0 aliphatic carbocycles. The van der Waals surface area contributed by atoms with Crippen LogP contribution >= 0.6 is 33.9 Å². The lowest BCUT2D eigenvalue weighted by molar-refractivity contribution is 0.356. The van der Waals surface area contributed by atoms with Gasteiger partial charge in [0.1, 0.15) is 0 Å². The van der Waals surface area contributed by atoms with Crippen LogP contribution in [0, 0.1) is 2.88 Å². The Hall–Kier alpha value is -0.490. The first-order valence-electron chi connectivity index (χ1n) is 4.05. The first-order valence-corrected chi connectivity index (χ1v) is 5.95. The average molecular weight is 320 g/mol. The zero-order valence-electron chi connectivity index (χ0n) is 7.83. The lowest BCUT2D eigenvalue weighted by atomic mass is 10.2. The van der Waals surface area contributed by atoms with Crippen LogP contribution in [0.5, 0.6) is 11.5 Å². The van der Waals surface area contributed by atoms with Gasteiger partial charge in [0.2, 0.25) is 0 Å². The second-order valence-corrected chi connectivity index (χ2v) is 5.77. The van der Waals surface area contributed by atoms with Gasteiger partial charge in [-0.25, -0.2) is 0 Å². The highest BCUT2D eigenvalue weighted by atomic mass is 127. The summed E-state index contributed by atoms with van der Waals surface area (Å²) < 4.78 is 13.0. The molecule has 0 aliphatic rings. The van der Waals surface area contributed by atoms with Crippen molar-refractivity contribution in [3.8, 4) is 11.5 Å². The van der Waals surface area contributed by atoms with Gasteiger partial charge in [0, 0.05) is 10.8 Å². The third-order valence-electron chi connectivity index (χ3n) is 1.99. The predicted molar refractivity (Wildman–Crippen MR) is 67.6 cm³/mol. The van der Waals surface area contributed by atoms with Crippen LogP contribution in [0.3, 0.4) is 0 Å². The molecule has 0 aliphatic heterocycles. The standard InChI is InChI=1S/C10H9IO2S/c1-12-7-3-6-4-10(11)14-9(6)5-8(7)13-2/h3-5H,1-2H3. The molecule has 0 unspecified atom stereocenters. The number of rotatable bonds is 2.